The van der Waals surface area contributed by atoms with Gasteiger partial charge in [-0.25, -0.2) is 0 Å². The first-order valence-corrected chi connectivity index (χ1v) is 7.33. The maximum absolute atomic E-state index is 11.2. The van der Waals surface area contributed by atoms with Crippen LogP contribution in [0.25, 0.3) is 0 Å². The maximum atomic E-state index is 11.2. The van der Waals surface area contributed by atoms with Gasteiger partial charge in [0.2, 0.25) is 0 Å². The molecule has 1 fully saturated rings. The Kier molecular flexibility index (Phi) is 3.66. The molecular formula is C16H21NO3. The van der Waals surface area contributed by atoms with Gasteiger partial charge in [-0.15, -0.1) is 0 Å². The van der Waals surface area contributed by atoms with Crippen molar-refractivity contribution in [3.8, 4) is 5.75 Å². The highest BCUT2D eigenvalue weighted by molar-refractivity contribution is 5.69. The quantitative estimate of drug-likeness (QED) is 0.897. The molecule has 1 unspecified atom stereocenters. The van der Waals surface area contributed by atoms with Crippen molar-refractivity contribution in [2.45, 2.75) is 44.2 Å². The van der Waals surface area contributed by atoms with Crippen LogP contribution in [0.2, 0.25) is 0 Å². The molecule has 20 heavy (non-hydrogen) atoms. The predicted octanol–water partition coefficient (Wildman–Crippen LogP) is 2.62. The fourth-order valence-corrected chi connectivity index (χ4v) is 3.28. The molecule has 2 aliphatic carbocycles. The summed E-state index contributed by atoms with van der Waals surface area (Å²) < 4.78 is 5.33. The number of ether oxygens (including phenoxy) is 1. The van der Waals surface area contributed by atoms with Gasteiger partial charge in [0.15, 0.2) is 0 Å². The van der Waals surface area contributed by atoms with Crippen molar-refractivity contribution in [3.63, 3.8) is 0 Å². The minimum Gasteiger partial charge on any atom is -0.497 e. The fraction of sp³-hybridized carbons (Fsp3) is 0.562. The van der Waals surface area contributed by atoms with Crippen molar-refractivity contribution in [3.05, 3.63) is 29.3 Å². The molecular weight excluding hydrogens is 254 g/mol. The summed E-state index contributed by atoms with van der Waals surface area (Å²) in [6.07, 6.45) is 5.52. The summed E-state index contributed by atoms with van der Waals surface area (Å²) in [6.45, 7) is 0.145. The highest BCUT2D eigenvalue weighted by Crippen LogP contribution is 2.41. The molecule has 0 amide bonds. The van der Waals surface area contributed by atoms with E-state index in [2.05, 4.69) is 17.0 Å². The molecule has 0 bridgehead atoms. The molecule has 0 spiro atoms. The van der Waals surface area contributed by atoms with Crippen molar-refractivity contribution in [2.75, 3.05) is 13.7 Å². The van der Waals surface area contributed by atoms with Gasteiger partial charge in [-0.2, -0.15) is 0 Å². The van der Waals surface area contributed by atoms with Gasteiger partial charge in [0.05, 0.1) is 13.7 Å². The minimum absolute atomic E-state index is 0.145. The van der Waals surface area contributed by atoms with Crippen LogP contribution in [0.1, 0.15) is 42.9 Å². The second kappa shape index (κ2) is 5.44. The zero-order chi connectivity index (χ0) is 14.1. The summed E-state index contributed by atoms with van der Waals surface area (Å²) in [4.78, 5) is 13.3. The first-order chi connectivity index (χ1) is 9.69. The topological polar surface area (TPSA) is 49.8 Å². The molecule has 0 aliphatic heterocycles. The number of aryl methyl sites for hydroxylation is 1. The zero-order valence-corrected chi connectivity index (χ0v) is 11.8. The third-order valence-electron chi connectivity index (χ3n) is 4.37. The second-order valence-corrected chi connectivity index (χ2v) is 5.77. The Morgan fingerprint density at radius 3 is 2.85 bits per heavy atom. The zero-order valence-electron chi connectivity index (χ0n) is 11.8. The van der Waals surface area contributed by atoms with Gasteiger partial charge < -0.3 is 9.84 Å². The lowest BCUT2D eigenvalue weighted by Crippen LogP contribution is -2.37. The number of carboxylic acids is 1. The largest absolute Gasteiger partial charge is 0.497 e. The Labute approximate surface area is 119 Å². The molecule has 2 aliphatic rings. The molecule has 1 saturated carbocycles. The summed E-state index contributed by atoms with van der Waals surface area (Å²) in [5.74, 6) is 0.133. The number of carboxylic acid groups (broad SMARTS) is 1. The molecule has 4 heteroatoms. The summed E-state index contributed by atoms with van der Waals surface area (Å²) in [5.41, 5.74) is 2.61. The van der Waals surface area contributed by atoms with Crippen LogP contribution in [0.4, 0.5) is 0 Å². The molecule has 0 heterocycles. The third kappa shape index (κ3) is 2.66. The van der Waals surface area contributed by atoms with Crippen LogP contribution in [0, 0.1) is 0 Å². The Hall–Kier alpha value is -1.55. The van der Waals surface area contributed by atoms with Crippen LogP contribution in [0.3, 0.4) is 0 Å². The second-order valence-electron chi connectivity index (χ2n) is 5.77. The Bertz CT molecular complexity index is 510. The average molecular weight is 275 g/mol. The summed E-state index contributed by atoms with van der Waals surface area (Å²) in [7, 11) is 1.68. The van der Waals surface area contributed by atoms with E-state index in [1.54, 1.807) is 7.11 Å². The van der Waals surface area contributed by atoms with Gasteiger partial charge in [0.25, 0.3) is 0 Å². The van der Waals surface area contributed by atoms with Crippen LogP contribution < -0.4 is 4.74 Å². The number of aliphatic carboxylic acids is 1. The highest BCUT2D eigenvalue weighted by atomic mass is 16.5. The smallest absolute Gasteiger partial charge is 0.317 e. The van der Waals surface area contributed by atoms with Crippen LogP contribution in [-0.2, 0) is 11.2 Å². The predicted molar refractivity (Wildman–Crippen MR) is 76.0 cm³/mol. The first-order valence-electron chi connectivity index (χ1n) is 7.33. The van der Waals surface area contributed by atoms with Crippen LogP contribution in [0.5, 0.6) is 5.75 Å². The van der Waals surface area contributed by atoms with E-state index in [0.717, 1.165) is 37.9 Å². The van der Waals surface area contributed by atoms with Crippen LogP contribution >= 0.6 is 0 Å². The Balaban J connectivity index is 1.92. The molecule has 4 nitrogen and oxygen atoms in total. The van der Waals surface area contributed by atoms with E-state index in [-0.39, 0.29) is 12.6 Å². The van der Waals surface area contributed by atoms with Gasteiger partial charge in [0.1, 0.15) is 5.75 Å². The molecule has 1 atom stereocenters. The van der Waals surface area contributed by atoms with E-state index < -0.39 is 5.97 Å². The SMILES string of the molecule is COc1ccc2c(c1)C(N(CC(=O)O)C1CC1)CCC2. The molecule has 3 rings (SSSR count). The standard InChI is InChI=1S/C16H21NO3/c1-20-13-8-5-11-3-2-4-15(14(11)9-13)17(10-16(18)19)12-6-7-12/h5,8-9,12,15H,2-4,6-7,10H2,1H3,(H,18,19). The summed E-state index contributed by atoms with van der Waals surface area (Å²) in [6, 6.07) is 6.91. The highest BCUT2D eigenvalue weighted by Gasteiger charge is 2.37. The minimum atomic E-state index is -0.730. The van der Waals surface area contributed by atoms with Gasteiger partial charge in [-0.1, -0.05) is 6.07 Å². The number of nitrogens with zero attached hydrogens (tertiary/aromatic N) is 1. The van der Waals surface area contributed by atoms with Crippen LogP contribution in [-0.4, -0.2) is 35.7 Å². The Morgan fingerprint density at radius 1 is 1.40 bits per heavy atom. The number of methoxy groups -OCH3 is 1. The van der Waals surface area contributed by atoms with E-state index in [0.29, 0.717) is 6.04 Å². The first kappa shape index (κ1) is 13.4. The molecule has 0 saturated heterocycles. The van der Waals surface area contributed by atoms with Gasteiger partial charge >= 0.3 is 5.97 Å². The third-order valence-corrected chi connectivity index (χ3v) is 4.37. The molecule has 0 radical (unpaired) electrons. The number of benzene rings is 1. The number of carbonyl (C=O) groups is 1. The lowest BCUT2D eigenvalue weighted by atomic mass is 9.86. The Morgan fingerprint density at radius 2 is 2.20 bits per heavy atom. The number of hydrogen-bond donors (Lipinski definition) is 1. The molecule has 1 aromatic carbocycles. The normalized spacial score (nSPS) is 21.6. The van der Waals surface area contributed by atoms with Crippen LogP contribution in [0.15, 0.2) is 18.2 Å². The number of hydrogen-bond acceptors (Lipinski definition) is 3. The maximum Gasteiger partial charge on any atom is 0.317 e. The molecule has 1 aromatic rings. The number of fused-ring (bicyclic) bond motifs is 1. The van der Waals surface area contributed by atoms with Gasteiger partial charge in [-0.05, 0) is 55.4 Å². The van der Waals surface area contributed by atoms with Gasteiger partial charge in [-0.3, -0.25) is 9.69 Å². The monoisotopic (exact) mass is 275 g/mol. The van der Waals surface area contributed by atoms with E-state index in [1.807, 2.05) is 6.07 Å². The van der Waals surface area contributed by atoms with E-state index in [1.165, 1.54) is 11.1 Å². The molecule has 0 aromatic heterocycles. The van der Waals surface area contributed by atoms with Crippen molar-refractivity contribution in [2.24, 2.45) is 0 Å². The van der Waals surface area contributed by atoms with E-state index in [4.69, 9.17) is 4.74 Å². The van der Waals surface area contributed by atoms with Crippen molar-refractivity contribution < 1.29 is 14.6 Å². The number of rotatable bonds is 5. The fourth-order valence-electron chi connectivity index (χ4n) is 3.28. The van der Waals surface area contributed by atoms with Gasteiger partial charge in [0, 0.05) is 12.1 Å². The lowest BCUT2D eigenvalue weighted by Gasteiger charge is -2.35. The van der Waals surface area contributed by atoms with Crippen molar-refractivity contribution in [1.29, 1.82) is 0 Å². The van der Waals surface area contributed by atoms with Crippen molar-refractivity contribution >= 4 is 5.97 Å². The lowest BCUT2D eigenvalue weighted by molar-refractivity contribution is -0.139. The van der Waals surface area contributed by atoms with E-state index in [9.17, 15) is 9.90 Å². The summed E-state index contributed by atoms with van der Waals surface area (Å²) in [5, 5.41) is 9.17. The molecule has 1 N–H and O–H groups in total. The average Bonchev–Trinajstić information content (AvgIpc) is 3.28. The summed E-state index contributed by atoms with van der Waals surface area (Å²) >= 11 is 0. The van der Waals surface area contributed by atoms with Crippen molar-refractivity contribution in [1.82, 2.24) is 4.90 Å². The molecule has 108 valence electrons. The van der Waals surface area contributed by atoms with E-state index >= 15 is 0 Å².